The van der Waals surface area contributed by atoms with E-state index in [9.17, 15) is 13.2 Å². The first kappa shape index (κ1) is 25.0. The van der Waals surface area contributed by atoms with Crippen LogP contribution in [0.5, 0.6) is 0 Å². The van der Waals surface area contributed by atoms with E-state index in [1.807, 2.05) is 18.2 Å². The van der Waals surface area contributed by atoms with Crippen molar-refractivity contribution in [3.63, 3.8) is 0 Å². The summed E-state index contributed by atoms with van der Waals surface area (Å²) in [4.78, 5) is 15.8. The summed E-state index contributed by atoms with van der Waals surface area (Å²) in [6.07, 6.45) is 12.1. The van der Waals surface area contributed by atoms with Gasteiger partial charge in [0.1, 0.15) is 0 Å². The normalized spacial score (nSPS) is 12.7. The molecule has 2 rings (SSSR count). The molecule has 1 aromatic heterocycles. The fourth-order valence-electron chi connectivity index (χ4n) is 3.14. The number of methoxy groups -OCH3 is 1. The van der Waals surface area contributed by atoms with Gasteiger partial charge in [0.2, 0.25) is 10.0 Å². The Kier molecular flexibility index (Phi) is 10.7. The topological polar surface area (TPSA) is 85.4 Å². The highest BCUT2D eigenvalue weighted by Gasteiger charge is 2.14. The zero-order valence-corrected chi connectivity index (χ0v) is 19.2. The largest absolute Gasteiger partial charge is 0.469 e. The number of sulfonamides is 1. The number of rotatable bonds is 13. The Morgan fingerprint density at radius 1 is 1.19 bits per heavy atom. The van der Waals surface area contributed by atoms with E-state index in [4.69, 9.17) is 16.3 Å². The Balaban J connectivity index is 1.79. The number of unbranched alkanes of at least 4 members (excludes halogenated alkanes) is 1. The molecule has 2 aromatic rings. The van der Waals surface area contributed by atoms with Crippen LogP contribution in [0.15, 0.2) is 59.8 Å². The summed E-state index contributed by atoms with van der Waals surface area (Å²) >= 11 is 5.81. The first-order valence-corrected chi connectivity index (χ1v) is 12.2. The minimum atomic E-state index is -3.53. The fraction of sp³-hybridized carbons (Fsp3) is 0.391. The minimum absolute atomic E-state index is 0.202. The van der Waals surface area contributed by atoms with Crippen LogP contribution in [0.3, 0.4) is 0 Å². The molecule has 8 heteroatoms. The number of ether oxygens (including phenoxy) is 1. The summed E-state index contributed by atoms with van der Waals surface area (Å²) in [6, 6.07) is 9.96. The number of esters is 1. The Morgan fingerprint density at radius 2 is 1.97 bits per heavy atom. The Labute approximate surface area is 189 Å². The van der Waals surface area contributed by atoms with E-state index in [0.717, 1.165) is 31.2 Å². The molecule has 1 unspecified atom stereocenters. The van der Waals surface area contributed by atoms with E-state index in [0.29, 0.717) is 30.3 Å². The van der Waals surface area contributed by atoms with Gasteiger partial charge in [0.05, 0.1) is 12.0 Å². The predicted octanol–water partition coefficient (Wildman–Crippen LogP) is 4.86. The van der Waals surface area contributed by atoms with Crippen LogP contribution >= 0.6 is 11.6 Å². The molecule has 1 aromatic carbocycles. The van der Waals surface area contributed by atoms with Gasteiger partial charge in [-0.25, -0.2) is 13.1 Å². The van der Waals surface area contributed by atoms with Crippen molar-refractivity contribution in [2.75, 3.05) is 13.7 Å². The molecule has 0 amide bonds. The van der Waals surface area contributed by atoms with Crippen molar-refractivity contribution in [3.05, 3.63) is 65.5 Å². The number of allylic oxidation sites excluding steroid dienone is 1. The molecule has 0 radical (unpaired) electrons. The molecule has 0 aliphatic heterocycles. The van der Waals surface area contributed by atoms with E-state index in [1.165, 1.54) is 19.2 Å². The van der Waals surface area contributed by atoms with Crippen LogP contribution in [0.1, 0.15) is 44.1 Å². The number of nitrogens with one attached hydrogen (secondary N) is 1. The lowest BCUT2D eigenvalue weighted by Gasteiger charge is -2.14. The van der Waals surface area contributed by atoms with Crippen LogP contribution in [0, 0.1) is 5.92 Å². The van der Waals surface area contributed by atoms with Crippen molar-refractivity contribution >= 4 is 33.7 Å². The number of hydrogen-bond acceptors (Lipinski definition) is 5. The number of pyridine rings is 1. The highest BCUT2D eigenvalue weighted by Crippen LogP contribution is 2.21. The number of carbonyl (C=O) groups excluding carboxylic acids is 1. The lowest BCUT2D eigenvalue weighted by atomic mass is 9.93. The van der Waals surface area contributed by atoms with Crippen LogP contribution < -0.4 is 4.72 Å². The van der Waals surface area contributed by atoms with Gasteiger partial charge in [-0.05, 0) is 61.1 Å². The van der Waals surface area contributed by atoms with E-state index < -0.39 is 10.0 Å². The molecule has 0 aliphatic carbocycles. The van der Waals surface area contributed by atoms with E-state index >= 15 is 0 Å². The van der Waals surface area contributed by atoms with Crippen LogP contribution in [0.25, 0.3) is 6.08 Å². The average molecular weight is 465 g/mol. The lowest BCUT2D eigenvalue weighted by molar-refractivity contribution is -0.140. The Bertz CT molecular complexity index is 932. The molecular weight excluding hydrogens is 436 g/mol. The van der Waals surface area contributed by atoms with Gasteiger partial charge < -0.3 is 4.74 Å². The quantitative estimate of drug-likeness (QED) is 0.338. The van der Waals surface area contributed by atoms with Crippen LogP contribution in [0.2, 0.25) is 5.02 Å². The predicted molar refractivity (Wildman–Crippen MR) is 123 cm³/mol. The second-order valence-electron chi connectivity index (χ2n) is 7.25. The first-order valence-electron chi connectivity index (χ1n) is 10.3. The summed E-state index contributed by atoms with van der Waals surface area (Å²) < 4.78 is 32.0. The third-order valence-electron chi connectivity index (χ3n) is 4.90. The highest BCUT2D eigenvalue weighted by atomic mass is 35.5. The zero-order valence-electron chi connectivity index (χ0n) is 17.7. The van der Waals surface area contributed by atoms with Gasteiger partial charge in [-0.1, -0.05) is 42.7 Å². The Hall–Kier alpha value is -2.22. The number of halogens is 1. The van der Waals surface area contributed by atoms with Crippen molar-refractivity contribution in [1.29, 1.82) is 0 Å². The molecule has 0 bridgehead atoms. The fourth-order valence-corrected chi connectivity index (χ4v) is 4.34. The number of benzene rings is 1. The maximum absolute atomic E-state index is 12.3. The van der Waals surface area contributed by atoms with Gasteiger partial charge in [-0.3, -0.25) is 9.78 Å². The number of nitrogens with zero attached hydrogens (tertiary/aromatic N) is 1. The summed E-state index contributed by atoms with van der Waals surface area (Å²) in [6.45, 7) is 0.361. The second-order valence-corrected chi connectivity index (χ2v) is 9.46. The van der Waals surface area contributed by atoms with Crippen LogP contribution in [0.4, 0.5) is 0 Å². The Morgan fingerprint density at radius 3 is 2.65 bits per heavy atom. The summed E-state index contributed by atoms with van der Waals surface area (Å²) in [5.74, 6) is 0.108. The maximum atomic E-state index is 12.3. The van der Waals surface area contributed by atoms with Gasteiger partial charge in [-0.2, -0.15) is 0 Å². The molecule has 0 fully saturated rings. The molecular formula is C23H29ClN2O4S. The van der Waals surface area contributed by atoms with Gasteiger partial charge in [-0.15, -0.1) is 0 Å². The number of hydrogen-bond donors (Lipinski definition) is 1. The van der Waals surface area contributed by atoms with Crippen molar-refractivity contribution < 1.29 is 17.9 Å². The number of aromatic nitrogens is 1. The lowest BCUT2D eigenvalue weighted by Crippen LogP contribution is -2.24. The molecule has 0 saturated carbocycles. The van der Waals surface area contributed by atoms with E-state index in [2.05, 4.69) is 15.8 Å². The molecule has 0 saturated heterocycles. The molecule has 6 nitrogen and oxygen atoms in total. The SMILES string of the molecule is COC(=O)CCC(CC=Cc1cccnc1)CCCCNS(=O)(=O)c1ccc(Cl)cc1. The molecule has 1 N–H and O–H groups in total. The van der Waals surface area contributed by atoms with Crippen molar-refractivity contribution in [2.45, 2.75) is 43.4 Å². The minimum Gasteiger partial charge on any atom is -0.469 e. The molecule has 1 heterocycles. The highest BCUT2D eigenvalue weighted by molar-refractivity contribution is 7.89. The first-order chi connectivity index (χ1) is 14.9. The summed E-state index contributed by atoms with van der Waals surface area (Å²) in [5.41, 5.74) is 1.03. The average Bonchev–Trinajstić information content (AvgIpc) is 2.77. The maximum Gasteiger partial charge on any atom is 0.305 e. The smallest absolute Gasteiger partial charge is 0.305 e. The van der Waals surface area contributed by atoms with Gasteiger partial charge in [0.15, 0.2) is 0 Å². The monoisotopic (exact) mass is 464 g/mol. The van der Waals surface area contributed by atoms with Gasteiger partial charge >= 0.3 is 5.97 Å². The van der Waals surface area contributed by atoms with Crippen molar-refractivity contribution in [2.24, 2.45) is 5.92 Å². The van der Waals surface area contributed by atoms with Crippen molar-refractivity contribution in [1.82, 2.24) is 9.71 Å². The van der Waals surface area contributed by atoms with Crippen LogP contribution in [-0.2, 0) is 19.6 Å². The third kappa shape index (κ3) is 9.63. The van der Waals surface area contributed by atoms with Crippen molar-refractivity contribution in [3.8, 4) is 0 Å². The summed E-state index contributed by atoms with van der Waals surface area (Å²) in [5, 5.41) is 0.495. The molecule has 0 spiro atoms. The second kappa shape index (κ2) is 13.2. The van der Waals surface area contributed by atoms with Gasteiger partial charge in [0, 0.05) is 30.4 Å². The molecule has 1 atom stereocenters. The summed E-state index contributed by atoms with van der Waals surface area (Å²) in [7, 11) is -2.14. The van der Waals surface area contributed by atoms with Gasteiger partial charge in [0.25, 0.3) is 0 Å². The molecule has 31 heavy (non-hydrogen) atoms. The van der Waals surface area contributed by atoms with E-state index in [1.54, 1.807) is 24.5 Å². The number of carbonyl (C=O) groups is 1. The van der Waals surface area contributed by atoms with Crippen LogP contribution in [-0.4, -0.2) is 33.0 Å². The third-order valence-corrected chi connectivity index (χ3v) is 6.63. The van der Waals surface area contributed by atoms with E-state index in [-0.39, 0.29) is 10.9 Å². The molecule has 0 aliphatic rings. The standard InChI is InChI=1S/C23H29ClN2O4S/c1-30-23(27)15-10-19(7-4-8-20-9-5-16-25-18-20)6-2-3-17-26-31(28,29)22-13-11-21(24)12-14-22/h4-5,8-9,11-14,16,18-19,26H,2-3,6-7,10,15,17H2,1H3. The zero-order chi connectivity index (χ0) is 22.5. The molecule has 168 valence electrons.